The predicted molar refractivity (Wildman–Crippen MR) is 79.5 cm³/mol. The smallest absolute Gasteiger partial charge is 0.243 e. The van der Waals surface area contributed by atoms with Crippen LogP contribution in [-0.4, -0.2) is 37.9 Å². The molecule has 2 heterocycles. The highest BCUT2D eigenvalue weighted by Gasteiger charge is 2.42. The SMILES string of the molecule is Cc1ccc(S(=O)(=O)N2C3CCNCC2CC3)cc1Cl. The molecule has 0 amide bonds. The Morgan fingerprint density at radius 3 is 2.75 bits per heavy atom. The van der Waals surface area contributed by atoms with Gasteiger partial charge in [0, 0.05) is 23.7 Å². The molecule has 2 aliphatic heterocycles. The standard InChI is InChI=1S/C14H19ClN2O2S/c1-10-2-5-13(8-14(10)15)20(18,19)17-11-3-4-12(17)9-16-7-6-11/h2,5,8,11-12,16H,3-4,6-7,9H2,1H3. The molecule has 2 fully saturated rings. The van der Waals surface area contributed by atoms with Crippen molar-refractivity contribution in [1.29, 1.82) is 0 Å². The summed E-state index contributed by atoms with van der Waals surface area (Å²) in [7, 11) is -3.45. The molecule has 110 valence electrons. The Bertz CT molecular complexity index is 604. The molecule has 1 aromatic rings. The fourth-order valence-corrected chi connectivity index (χ4v) is 5.36. The maximum atomic E-state index is 12.9. The van der Waals surface area contributed by atoms with Crippen molar-refractivity contribution in [3.63, 3.8) is 0 Å². The molecule has 0 saturated carbocycles. The summed E-state index contributed by atoms with van der Waals surface area (Å²) in [4.78, 5) is 0.312. The van der Waals surface area contributed by atoms with Crippen LogP contribution in [-0.2, 0) is 10.0 Å². The van der Waals surface area contributed by atoms with Gasteiger partial charge in [-0.15, -0.1) is 0 Å². The van der Waals surface area contributed by atoms with Crippen LogP contribution in [0.25, 0.3) is 0 Å². The van der Waals surface area contributed by atoms with Crippen LogP contribution >= 0.6 is 11.6 Å². The van der Waals surface area contributed by atoms with E-state index in [0.717, 1.165) is 37.9 Å². The summed E-state index contributed by atoms with van der Waals surface area (Å²) >= 11 is 6.08. The number of nitrogens with one attached hydrogen (secondary N) is 1. The average molecular weight is 315 g/mol. The zero-order valence-electron chi connectivity index (χ0n) is 11.5. The van der Waals surface area contributed by atoms with Crippen LogP contribution in [0.15, 0.2) is 23.1 Å². The van der Waals surface area contributed by atoms with Gasteiger partial charge in [-0.2, -0.15) is 4.31 Å². The third kappa shape index (κ3) is 2.37. The highest BCUT2D eigenvalue weighted by Crippen LogP contribution is 2.34. The lowest BCUT2D eigenvalue weighted by atomic mass is 10.1. The van der Waals surface area contributed by atoms with E-state index in [9.17, 15) is 8.42 Å². The summed E-state index contributed by atoms with van der Waals surface area (Å²) in [5, 5.41) is 3.83. The monoisotopic (exact) mass is 314 g/mol. The molecule has 2 aliphatic rings. The van der Waals surface area contributed by atoms with Gasteiger partial charge < -0.3 is 5.32 Å². The van der Waals surface area contributed by atoms with Gasteiger partial charge >= 0.3 is 0 Å². The highest BCUT2D eigenvalue weighted by atomic mass is 35.5. The number of halogens is 1. The molecule has 0 radical (unpaired) electrons. The van der Waals surface area contributed by atoms with Crippen LogP contribution in [0.1, 0.15) is 24.8 Å². The van der Waals surface area contributed by atoms with Gasteiger partial charge in [0.25, 0.3) is 0 Å². The molecule has 4 nitrogen and oxygen atoms in total. The molecular weight excluding hydrogens is 296 g/mol. The maximum absolute atomic E-state index is 12.9. The van der Waals surface area contributed by atoms with Gasteiger partial charge in [-0.1, -0.05) is 17.7 Å². The number of fused-ring (bicyclic) bond motifs is 2. The second-order valence-corrected chi connectivity index (χ2v) is 7.87. The molecule has 2 unspecified atom stereocenters. The van der Waals surface area contributed by atoms with Crippen molar-refractivity contribution in [2.75, 3.05) is 13.1 Å². The Balaban J connectivity index is 2.00. The molecule has 6 heteroatoms. The molecule has 2 bridgehead atoms. The fraction of sp³-hybridized carbons (Fsp3) is 0.571. The van der Waals surface area contributed by atoms with Gasteiger partial charge in [-0.3, -0.25) is 0 Å². The zero-order chi connectivity index (χ0) is 14.3. The lowest BCUT2D eigenvalue weighted by Gasteiger charge is -2.27. The normalized spacial score (nSPS) is 27.5. The summed E-state index contributed by atoms with van der Waals surface area (Å²) < 4.78 is 27.5. The van der Waals surface area contributed by atoms with Crippen molar-refractivity contribution in [2.24, 2.45) is 0 Å². The van der Waals surface area contributed by atoms with Gasteiger partial charge in [0.1, 0.15) is 0 Å². The van der Waals surface area contributed by atoms with Crippen LogP contribution in [0.5, 0.6) is 0 Å². The topological polar surface area (TPSA) is 49.4 Å². The van der Waals surface area contributed by atoms with Crippen LogP contribution in [0, 0.1) is 6.92 Å². The highest BCUT2D eigenvalue weighted by molar-refractivity contribution is 7.89. The first-order chi connectivity index (χ1) is 9.50. The van der Waals surface area contributed by atoms with Crippen LogP contribution in [0.4, 0.5) is 0 Å². The molecule has 2 saturated heterocycles. The van der Waals surface area contributed by atoms with Crippen molar-refractivity contribution in [2.45, 2.75) is 43.2 Å². The third-order valence-electron chi connectivity index (χ3n) is 4.31. The van der Waals surface area contributed by atoms with Crippen LogP contribution < -0.4 is 5.32 Å². The first-order valence-corrected chi connectivity index (χ1v) is 8.82. The number of aryl methyl sites for hydroxylation is 1. The molecule has 2 atom stereocenters. The van der Waals surface area contributed by atoms with E-state index in [-0.39, 0.29) is 12.1 Å². The van der Waals surface area contributed by atoms with E-state index in [1.165, 1.54) is 0 Å². The minimum atomic E-state index is -3.45. The molecule has 1 aromatic carbocycles. The Morgan fingerprint density at radius 1 is 1.25 bits per heavy atom. The minimum Gasteiger partial charge on any atom is -0.315 e. The van der Waals surface area contributed by atoms with E-state index >= 15 is 0 Å². The van der Waals surface area contributed by atoms with Crippen molar-refractivity contribution >= 4 is 21.6 Å². The Kier molecular flexibility index (Phi) is 3.79. The van der Waals surface area contributed by atoms with Gasteiger partial charge in [0.15, 0.2) is 0 Å². The quantitative estimate of drug-likeness (QED) is 0.910. The number of sulfonamides is 1. The van der Waals surface area contributed by atoms with Crippen LogP contribution in [0.2, 0.25) is 5.02 Å². The predicted octanol–water partition coefficient (Wildman–Crippen LogP) is 2.16. The van der Waals surface area contributed by atoms with E-state index in [1.807, 2.05) is 6.92 Å². The molecule has 0 aromatic heterocycles. The summed E-state index contributed by atoms with van der Waals surface area (Å²) in [5.41, 5.74) is 0.895. The number of nitrogens with zero attached hydrogens (tertiary/aromatic N) is 1. The van der Waals surface area contributed by atoms with Gasteiger partial charge in [-0.05, 0) is 50.4 Å². The van der Waals surface area contributed by atoms with Crippen molar-refractivity contribution in [1.82, 2.24) is 9.62 Å². The summed E-state index contributed by atoms with van der Waals surface area (Å²) in [6, 6.07) is 5.21. The number of rotatable bonds is 2. The molecule has 3 rings (SSSR count). The zero-order valence-corrected chi connectivity index (χ0v) is 13.0. The third-order valence-corrected chi connectivity index (χ3v) is 6.71. The van der Waals surface area contributed by atoms with E-state index in [2.05, 4.69) is 5.32 Å². The first kappa shape index (κ1) is 14.3. The second-order valence-electron chi connectivity index (χ2n) is 5.62. The van der Waals surface area contributed by atoms with Gasteiger partial charge in [0.2, 0.25) is 10.0 Å². The molecule has 1 N–H and O–H groups in total. The molecule has 0 aliphatic carbocycles. The fourth-order valence-electron chi connectivity index (χ4n) is 3.19. The molecule has 0 spiro atoms. The second kappa shape index (κ2) is 5.30. The van der Waals surface area contributed by atoms with E-state index in [4.69, 9.17) is 11.6 Å². The van der Waals surface area contributed by atoms with Crippen molar-refractivity contribution < 1.29 is 8.42 Å². The van der Waals surface area contributed by atoms with E-state index in [1.54, 1.807) is 22.5 Å². The van der Waals surface area contributed by atoms with Gasteiger partial charge in [-0.25, -0.2) is 8.42 Å². The first-order valence-electron chi connectivity index (χ1n) is 7.00. The minimum absolute atomic E-state index is 0.0765. The van der Waals surface area contributed by atoms with Gasteiger partial charge in [0.05, 0.1) is 4.90 Å². The number of benzene rings is 1. The Hall–Kier alpha value is -0.620. The lowest BCUT2D eigenvalue weighted by molar-refractivity contribution is 0.334. The molecular formula is C14H19ClN2O2S. The lowest BCUT2D eigenvalue weighted by Crippen LogP contribution is -2.42. The van der Waals surface area contributed by atoms with Crippen molar-refractivity contribution in [3.8, 4) is 0 Å². The molecule has 20 heavy (non-hydrogen) atoms. The van der Waals surface area contributed by atoms with Crippen molar-refractivity contribution in [3.05, 3.63) is 28.8 Å². The van der Waals surface area contributed by atoms with Crippen LogP contribution in [0.3, 0.4) is 0 Å². The maximum Gasteiger partial charge on any atom is 0.243 e. The van der Waals surface area contributed by atoms with E-state index in [0.29, 0.717) is 9.92 Å². The number of hydrogen-bond donors (Lipinski definition) is 1. The summed E-state index contributed by atoms with van der Waals surface area (Å²) in [5.74, 6) is 0. The van der Waals surface area contributed by atoms with E-state index < -0.39 is 10.0 Å². The summed E-state index contributed by atoms with van der Waals surface area (Å²) in [6.45, 7) is 3.51. The largest absolute Gasteiger partial charge is 0.315 e. The number of hydrogen-bond acceptors (Lipinski definition) is 3. The Labute approximate surface area is 125 Å². The Morgan fingerprint density at radius 2 is 2.00 bits per heavy atom. The summed E-state index contributed by atoms with van der Waals surface area (Å²) in [6.07, 6.45) is 2.79. The average Bonchev–Trinajstić information content (AvgIpc) is 2.66.